The van der Waals surface area contributed by atoms with E-state index in [1.807, 2.05) is 18.2 Å². The molecule has 3 aromatic rings. The predicted octanol–water partition coefficient (Wildman–Crippen LogP) is 4.46. The van der Waals surface area contributed by atoms with Crippen LogP contribution in [0.3, 0.4) is 0 Å². The Morgan fingerprint density at radius 1 is 1.11 bits per heavy atom. The minimum Gasteiger partial charge on any atom is -0.360 e. The number of fused-ring (bicyclic) bond motifs is 1. The minimum atomic E-state index is -3.81. The van der Waals surface area contributed by atoms with Gasteiger partial charge in [-0.05, 0) is 55.6 Å². The maximum absolute atomic E-state index is 13.6. The zero-order valence-corrected chi connectivity index (χ0v) is 16.4. The van der Waals surface area contributed by atoms with Crippen molar-refractivity contribution in [2.45, 2.75) is 48.9 Å². The molecule has 0 aliphatic rings. The number of benzene rings is 2. The molecule has 0 saturated carbocycles. The Morgan fingerprint density at radius 2 is 1.85 bits per heavy atom. The largest absolute Gasteiger partial charge is 0.360 e. The molecule has 1 aromatic heterocycles. The predicted molar refractivity (Wildman–Crippen MR) is 106 cm³/mol. The van der Waals surface area contributed by atoms with Gasteiger partial charge in [-0.1, -0.05) is 32.0 Å². The van der Waals surface area contributed by atoms with Gasteiger partial charge < -0.3 is 10.3 Å². The topological polar surface area (TPSA) is 62.0 Å². The molecule has 0 unspecified atom stereocenters. The third-order valence-corrected chi connectivity index (χ3v) is 6.74. The van der Waals surface area contributed by atoms with Crippen LogP contribution in [0, 0.1) is 5.82 Å². The summed E-state index contributed by atoms with van der Waals surface area (Å²) < 4.78 is 39.7. The standard InChI is InChI=1S/C21H25FN2O2S/c1-3-17(4-2)23-12-11-15-7-5-10-19-21(15)20(14-24-19)27(25,26)18-9-6-8-16(22)13-18/h5-10,13-14,17,23-24H,3-4,11-12H2,1-2H3. The second-order valence-corrected chi connectivity index (χ2v) is 8.59. The average molecular weight is 389 g/mol. The normalized spacial score (nSPS) is 12.1. The molecule has 0 aliphatic heterocycles. The second-order valence-electron chi connectivity index (χ2n) is 6.67. The molecule has 0 fully saturated rings. The molecule has 0 radical (unpaired) electrons. The first-order valence-corrected chi connectivity index (χ1v) is 10.8. The molecule has 0 atom stereocenters. The summed E-state index contributed by atoms with van der Waals surface area (Å²) in [5, 5.41) is 4.20. The summed E-state index contributed by atoms with van der Waals surface area (Å²) in [6.07, 6.45) is 4.34. The molecule has 4 nitrogen and oxygen atoms in total. The molecule has 2 N–H and O–H groups in total. The summed E-state index contributed by atoms with van der Waals surface area (Å²) >= 11 is 0. The van der Waals surface area contributed by atoms with Gasteiger partial charge in [-0.15, -0.1) is 0 Å². The molecule has 2 aromatic carbocycles. The Balaban J connectivity index is 1.98. The first-order valence-electron chi connectivity index (χ1n) is 9.30. The fourth-order valence-corrected chi connectivity index (χ4v) is 4.90. The van der Waals surface area contributed by atoms with E-state index in [1.165, 1.54) is 24.4 Å². The van der Waals surface area contributed by atoms with Crippen LogP contribution in [0.25, 0.3) is 10.9 Å². The van der Waals surface area contributed by atoms with Crippen LogP contribution in [0.5, 0.6) is 0 Å². The van der Waals surface area contributed by atoms with Gasteiger partial charge in [0, 0.05) is 23.1 Å². The number of halogens is 1. The van der Waals surface area contributed by atoms with Crippen molar-refractivity contribution in [2.24, 2.45) is 0 Å². The Bertz CT molecular complexity index is 1020. The maximum atomic E-state index is 13.6. The second kappa shape index (κ2) is 8.23. The van der Waals surface area contributed by atoms with E-state index in [-0.39, 0.29) is 9.79 Å². The monoisotopic (exact) mass is 388 g/mol. The van der Waals surface area contributed by atoms with E-state index in [2.05, 4.69) is 24.1 Å². The van der Waals surface area contributed by atoms with E-state index in [0.29, 0.717) is 11.4 Å². The molecule has 1 heterocycles. The smallest absolute Gasteiger partial charge is 0.208 e. The van der Waals surface area contributed by atoms with E-state index in [1.54, 1.807) is 0 Å². The quantitative estimate of drug-likeness (QED) is 0.599. The molecule has 3 rings (SSSR count). The summed E-state index contributed by atoms with van der Waals surface area (Å²) in [4.78, 5) is 3.21. The number of aromatic nitrogens is 1. The van der Waals surface area contributed by atoms with Crippen LogP contribution < -0.4 is 5.32 Å². The molecule has 0 aliphatic carbocycles. The van der Waals surface area contributed by atoms with Gasteiger partial charge in [0.2, 0.25) is 9.84 Å². The molecular weight excluding hydrogens is 363 g/mol. The van der Waals surface area contributed by atoms with Crippen molar-refractivity contribution in [1.82, 2.24) is 10.3 Å². The van der Waals surface area contributed by atoms with Gasteiger partial charge in [-0.2, -0.15) is 0 Å². The molecular formula is C21H25FN2O2S. The molecule has 0 bridgehead atoms. The Morgan fingerprint density at radius 3 is 2.56 bits per heavy atom. The van der Waals surface area contributed by atoms with Crippen molar-refractivity contribution in [3.63, 3.8) is 0 Å². The first kappa shape index (κ1) is 19.6. The summed E-state index contributed by atoms with van der Waals surface area (Å²) in [5.74, 6) is -0.564. The van der Waals surface area contributed by atoms with Crippen molar-refractivity contribution in [1.29, 1.82) is 0 Å². The van der Waals surface area contributed by atoms with Crippen LogP contribution in [0.4, 0.5) is 4.39 Å². The zero-order valence-electron chi connectivity index (χ0n) is 15.6. The van der Waals surface area contributed by atoms with E-state index >= 15 is 0 Å². The number of sulfone groups is 1. The number of hydrogen-bond acceptors (Lipinski definition) is 3. The van der Waals surface area contributed by atoms with Gasteiger partial charge in [0.05, 0.1) is 9.79 Å². The maximum Gasteiger partial charge on any atom is 0.208 e. The van der Waals surface area contributed by atoms with Crippen LogP contribution in [0.2, 0.25) is 0 Å². The highest BCUT2D eigenvalue weighted by Gasteiger charge is 2.23. The number of nitrogens with one attached hydrogen (secondary N) is 2. The van der Waals surface area contributed by atoms with Gasteiger partial charge in [0.25, 0.3) is 0 Å². The highest BCUT2D eigenvalue weighted by atomic mass is 32.2. The Labute approximate surface area is 159 Å². The van der Waals surface area contributed by atoms with Crippen LogP contribution in [-0.4, -0.2) is 26.0 Å². The third-order valence-electron chi connectivity index (χ3n) is 4.96. The highest BCUT2D eigenvalue weighted by molar-refractivity contribution is 7.91. The number of H-pyrrole nitrogens is 1. The van der Waals surface area contributed by atoms with Gasteiger partial charge in [-0.3, -0.25) is 0 Å². The summed E-state index contributed by atoms with van der Waals surface area (Å²) in [5.41, 5.74) is 1.73. The van der Waals surface area contributed by atoms with Crippen LogP contribution >= 0.6 is 0 Å². The SMILES string of the molecule is CCC(CC)NCCc1cccc2[nH]cc(S(=O)(=O)c3cccc(F)c3)c12. The molecule has 6 heteroatoms. The molecule has 0 saturated heterocycles. The van der Waals surface area contributed by atoms with Crippen molar-refractivity contribution < 1.29 is 12.8 Å². The highest BCUT2D eigenvalue weighted by Crippen LogP contribution is 2.31. The molecule has 0 amide bonds. The summed E-state index contributed by atoms with van der Waals surface area (Å²) in [7, 11) is -3.81. The lowest BCUT2D eigenvalue weighted by Crippen LogP contribution is -2.29. The van der Waals surface area contributed by atoms with Gasteiger partial charge >= 0.3 is 0 Å². The van der Waals surface area contributed by atoms with Crippen molar-refractivity contribution in [2.75, 3.05) is 6.54 Å². The van der Waals surface area contributed by atoms with Gasteiger partial charge in [-0.25, -0.2) is 12.8 Å². The van der Waals surface area contributed by atoms with E-state index in [9.17, 15) is 12.8 Å². The molecule has 144 valence electrons. The number of hydrogen-bond donors (Lipinski definition) is 2. The van der Waals surface area contributed by atoms with Gasteiger partial charge in [0.1, 0.15) is 5.82 Å². The first-order chi connectivity index (χ1) is 13.0. The minimum absolute atomic E-state index is 0.0339. The van der Waals surface area contributed by atoms with Crippen molar-refractivity contribution >= 4 is 20.7 Å². The van der Waals surface area contributed by atoms with Crippen LogP contribution in [0.15, 0.2) is 58.5 Å². The Hall–Kier alpha value is -2.18. The average Bonchev–Trinajstić information content (AvgIpc) is 3.11. The van der Waals surface area contributed by atoms with E-state index in [4.69, 9.17) is 0 Å². The molecule has 27 heavy (non-hydrogen) atoms. The van der Waals surface area contributed by atoms with Crippen LogP contribution in [0.1, 0.15) is 32.3 Å². The van der Waals surface area contributed by atoms with Crippen molar-refractivity contribution in [3.05, 3.63) is 60.0 Å². The molecule has 0 spiro atoms. The van der Waals surface area contributed by atoms with Gasteiger partial charge in [0.15, 0.2) is 0 Å². The zero-order chi connectivity index (χ0) is 19.4. The Kier molecular flexibility index (Phi) is 5.97. The van der Waals surface area contributed by atoms with Crippen molar-refractivity contribution in [3.8, 4) is 0 Å². The van der Waals surface area contributed by atoms with Crippen LogP contribution in [-0.2, 0) is 16.3 Å². The lowest BCUT2D eigenvalue weighted by atomic mass is 10.1. The van der Waals surface area contributed by atoms with E-state index in [0.717, 1.165) is 43.0 Å². The third kappa shape index (κ3) is 4.06. The fourth-order valence-electron chi connectivity index (χ4n) is 3.40. The summed E-state index contributed by atoms with van der Waals surface area (Å²) in [6, 6.07) is 11.3. The number of aromatic amines is 1. The number of rotatable bonds is 8. The summed E-state index contributed by atoms with van der Waals surface area (Å²) in [6.45, 7) is 5.07. The lowest BCUT2D eigenvalue weighted by molar-refractivity contribution is 0.488. The lowest BCUT2D eigenvalue weighted by Gasteiger charge is -2.15. The van der Waals surface area contributed by atoms with E-state index < -0.39 is 15.7 Å². The fraction of sp³-hybridized carbons (Fsp3) is 0.333.